The first-order valence-corrected chi connectivity index (χ1v) is 3.52. The van der Waals surface area contributed by atoms with Crippen LogP contribution in [-0.2, 0) is 0 Å². The van der Waals surface area contributed by atoms with E-state index in [-0.39, 0.29) is 0 Å². The number of nitrogens with zero attached hydrogens (tertiary/aromatic N) is 1. The van der Waals surface area contributed by atoms with Crippen LogP contribution in [0.15, 0.2) is 0 Å². The molecule has 1 unspecified atom stereocenters. The highest BCUT2D eigenvalue weighted by Crippen LogP contribution is 2.16. The second-order valence-electron chi connectivity index (χ2n) is 2.96. The van der Waals surface area contributed by atoms with Gasteiger partial charge in [-0.3, -0.25) is 4.67 Å². The van der Waals surface area contributed by atoms with E-state index in [1.54, 1.807) is 0 Å². The van der Waals surface area contributed by atoms with Crippen LogP contribution in [0, 0.1) is 0 Å². The van der Waals surface area contributed by atoms with Crippen LogP contribution in [0.3, 0.4) is 0 Å². The molecule has 1 nitrogen and oxygen atoms in total. The van der Waals surface area contributed by atoms with Gasteiger partial charge in [0.05, 0.1) is 0 Å². The minimum absolute atomic E-state index is 0.305. The Labute approximate surface area is 54.7 Å². The van der Waals surface area contributed by atoms with Gasteiger partial charge in [-0.15, -0.1) is 0 Å². The van der Waals surface area contributed by atoms with Gasteiger partial charge >= 0.3 is 0 Å². The molecular weight excluding hydrogens is 117 g/mol. The topological polar surface area (TPSA) is 3.24 Å². The molecule has 0 rings (SSSR count). The number of hydrogen-bond donors (Lipinski definition) is 0. The summed E-state index contributed by atoms with van der Waals surface area (Å²) in [7, 11) is 2.71. The standard InChI is InChI=1S/C6H16NP/c1-5-7(8)6(2,3)4/h5,8H2,1-4H3. The molecule has 0 heterocycles. The monoisotopic (exact) mass is 133 g/mol. The lowest BCUT2D eigenvalue weighted by atomic mass is 10.1. The zero-order valence-electron chi connectivity index (χ0n) is 6.23. The summed E-state index contributed by atoms with van der Waals surface area (Å²) >= 11 is 0. The van der Waals surface area contributed by atoms with Gasteiger partial charge in [0.15, 0.2) is 0 Å². The zero-order chi connectivity index (χ0) is 6.78. The summed E-state index contributed by atoms with van der Waals surface area (Å²) in [4.78, 5) is 0. The number of hydrogen-bond acceptors (Lipinski definition) is 1. The SMILES string of the molecule is CCN(P)C(C)(C)C. The van der Waals surface area contributed by atoms with Crippen molar-refractivity contribution in [1.29, 1.82) is 0 Å². The molecule has 8 heavy (non-hydrogen) atoms. The van der Waals surface area contributed by atoms with Gasteiger partial charge in [0.25, 0.3) is 0 Å². The van der Waals surface area contributed by atoms with Crippen LogP contribution in [0.5, 0.6) is 0 Å². The third kappa shape index (κ3) is 2.64. The van der Waals surface area contributed by atoms with Crippen molar-refractivity contribution in [3.63, 3.8) is 0 Å². The molecule has 0 radical (unpaired) electrons. The Hall–Kier alpha value is 0.390. The van der Waals surface area contributed by atoms with Crippen LogP contribution in [0.25, 0.3) is 0 Å². The summed E-state index contributed by atoms with van der Waals surface area (Å²) in [6, 6.07) is 0. The summed E-state index contributed by atoms with van der Waals surface area (Å²) in [5, 5.41) is 0. The van der Waals surface area contributed by atoms with Crippen LogP contribution >= 0.6 is 9.39 Å². The highest BCUT2D eigenvalue weighted by Gasteiger charge is 2.13. The molecule has 50 valence electrons. The van der Waals surface area contributed by atoms with E-state index in [1.165, 1.54) is 0 Å². The fraction of sp³-hybridized carbons (Fsp3) is 1.00. The average Bonchev–Trinajstić information content (AvgIpc) is 1.62. The Morgan fingerprint density at radius 1 is 1.38 bits per heavy atom. The fourth-order valence-electron chi connectivity index (χ4n) is 0.474. The molecule has 0 amide bonds. The normalized spacial score (nSPS) is 12.8. The Kier molecular flexibility index (Phi) is 2.93. The van der Waals surface area contributed by atoms with Crippen molar-refractivity contribution in [1.82, 2.24) is 4.67 Å². The Bertz CT molecular complexity index is 65.4. The van der Waals surface area contributed by atoms with Crippen molar-refractivity contribution in [2.45, 2.75) is 33.2 Å². The van der Waals surface area contributed by atoms with Gasteiger partial charge < -0.3 is 0 Å². The van der Waals surface area contributed by atoms with Crippen LogP contribution in [0.1, 0.15) is 27.7 Å². The molecule has 0 N–H and O–H groups in total. The van der Waals surface area contributed by atoms with Gasteiger partial charge in [-0.1, -0.05) is 16.3 Å². The lowest BCUT2D eigenvalue weighted by molar-refractivity contribution is 0.284. The summed E-state index contributed by atoms with van der Waals surface area (Å²) < 4.78 is 2.23. The molecule has 0 aliphatic carbocycles. The third-order valence-corrected chi connectivity index (χ3v) is 2.34. The van der Waals surface area contributed by atoms with E-state index in [0.717, 1.165) is 6.54 Å². The highest BCUT2D eigenvalue weighted by atomic mass is 31.0. The van der Waals surface area contributed by atoms with Gasteiger partial charge in [-0.25, -0.2) is 0 Å². The molecule has 0 bridgehead atoms. The largest absolute Gasteiger partial charge is 0.283 e. The molecule has 0 fully saturated rings. The lowest BCUT2D eigenvalue weighted by Gasteiger charge is -2.29. The first-order valence-electron chi connectivity index (χ1n) is 3.01. The van der Waals surface area contributed by atoms with Crippen LogP contribution in [0.4, 0.5) is 0 Å². The molecule has 0 aromatic rings. The maximum absolute atomic E-state index is 2.71. The van der Waals surface area contributed by atoms with E-state index in [0.29, 0.717) is 5.54 Å². The van der Waals surface area contributed by atoms with Crippen molar-refractivity contribution >= 4 is 9.39 Å². The minimum Gasteiger partial charge on any atom is -0.283 e. The van der Waals surface area contributed by atoms with Crippen molar-refractivity contribution in [2.75, 3.05) is 6.54 Å². The zero-order valence-corrected chi connectivity index (χ0v) is 7.39. The summed E-state index contributed by atoms with van der Waals surface area (Å²) in [6.07, 6.45) is 0. The van der Waals surface area contributed by atoms with Crippen molar-refractivity contribution in [3.8, 4) is 0 Å². The third-order valence-electron chi connectivity index (χ3n) is 1.20. The molecule has 0 saturated heterocycles. The summed E-state index contributed by atoms with van der Waals surface area (Å²) in [5.74, 6) is 0. The van der Waals surface area contributed by atoms with E-state index < -0.39 is 0 Å². The smallest absolute Gasteiger partial charge is 0.0156 e. The molecule has 0 spiro atoms. The van der Waals surface area contributed by atoms with Crippen LogP contribution in [-0.4, -0.2) is 16.8 Å². The van der Waals surface area contributed by atoms with Gasteiger partial charge in [0, 0.05) is 5.54 Å². The molecule has 0 aromatic heterocycles. The Morgan fingerprint density at radius 2 is 1.75 bits per heavy atom. The lowest BCUT2D eigenvalue weighted by Crippen LogP contribution is -2.32. The van der Waals surface area contributed by atoms with Crippen LogP contribution in [0.2, 0.25) is 0 Å². The van der Waals surface area contributed by atoms with Gasteiger partial charge in [-0.2, -0.15) is 0 Å². The quantitative estimate of drug-likeness (QED) is 0.494. The second-order valence-corrected chi connectivity index (χ2v) is 3.58. The predicted molar refractivity (Wildman–Crippen MR) is 41.8 cm³/mol. The fourth-order valence-corrected chi connectivity index (χ4v) is 0.474. The molecule has 0 aliphatic rings. The highest BCUT2D eigenvalue weighted by molar-refractivity contribution is 7.13. The van der Waals surface area contributed by atoms with Gasteiger partial charge in [-0.05, 0) is 27.3 Å². The first kappa shape index (κ1) is 8.39. The van der Waals surface area contributed by atoms with Gasteiger partial charge in [0.1, 0.15) is 0 Å². The van der Waals surface area contributed by atoms with E-state index in [2.05, 4.69) is 41.8 Å². The number of rotatable bonds is 1. The van der Waals surface area contributed by atoms with Crippen molar-refractivity contribution in [2.24, 2.45) is 0 Å². The molecule has 0 aromatic carbocycles. The van der Waals surface area contributed by atoms with Gasteiger partial charge in [0.2, 0.25) is 0 Å². The Morgan fingerprint density at radius 3 is 1.75 bits per heavy atom. The minimum atomic E-state index is 0.305. The van der Waals surface area contributed by atoms with E-state index in [9.17, 15) is 0 Å². The average molecular weight is 133 g/mol. The maximum Gasteiger partial charge on any atom is 0.0156 e. The predicted octanol–water partition coefficient (Wildman–Crippen LogP) is 1.90. The van der Waals surface area contributed by atoms with E-state index in [1.807, 2.05) is 0 Å². The second kappa shape index (κ2) is 2.80. The molecule has 0 saturated carbocycles. The maximum atomic E-state index is 2.71. The van der Waals surface area contributed by atoms with Crippen molar-refractivity contribution < 1.29 is 0 Å². The molecule has 1 atom stereocenters. The van der Waals surface area contributed by atoms with E-state index in [4.69, 9.17) is 0 Å². The molecular formula is C6H16NP. The summed E-state index contributed by atoms with van der Waals surface area (Å²) in [5.41, 5.74) is 0.305. The molecule has 2 heteroatoms. The Balaban J connectivity index is 3.62. The molecule has 0 aliphatic heterocycles. The van der Waals surface area contributed by atoms with Crippen molar-refractivity contribution in [3.05, 3.63) is 0 Å². The summed E-state index contributed by atoms with van der Waals surface area (Å²) in [6.45, 7) is 9.84. The first-order chi connectivity index (χ1) is 3.48. The van der Waals surface area contributed by atoms with E-state index >= 15 is 0 Å². The van der Waals surface area contributed by atoms with Crippen LogP contribution < -0.4 is 0 Å².